The Balaban J connectivity index is 0.00000300. The molecule has 29 heavy (non-hydrogen) atoms. The Morgan fingerprint density at radius 1 is 1.24 bits per heavy atom. The van der Waals surface area contributed by atoms with E-state index in [-0.39, 0.29) is 29.8 Å². The Bertz CT molecular complexity index is 773. The van der Waals surface area contributed by atoms with Gasteiger partial charge in [0.25, 0.3) is 0 Å². The number of rotatable bonds is 7. The van der Waals surface area contributed by atoms with E-state index in [1.54, 1.807) is 24.4 Å². The molecule has 8 heteroatoms. The predicted octanol–water partition coefficient (Wildman–Crippen LogP) is 4.97. The number of guanidine groups is 1. The zero-order valence-electron chi connectivity index (χ0n) is 16.7. The number of thioether (sulfide) groups is 1. The summed E-state index contributed by atoms with van der Waals surface area (Å²) >= 11 is 1.95. The molecule has 2 atom stereocenters. The summed E-state index contributed by atoms with van der Waals surface area (Å²) in [5.74, 6) is 1.58. The Hall–Kier alpha value is -1.55. The lowest BCUT2D eigenvalue weighted by Gasteiger charge is -2.17. The van der Waals surface area contributed by atoms with Crippen molar-refractivity contribution < 1.29 is 9.13 Å². The first-order valence-corrected chi connectivity index (χ1v) is 10.9. The van der Waals surface area contributed by atoms with Gasteiger partial charge in [-0.1, -0.05) is 6.07 Å². The van der Waals surface area contributed by atoms with Crippen molar-refractivity contribution in [3.63, 3.8) is 0 Å². The summed E-state index contributed by atoms with van der Waals surface area (Å²) in [5, 5.41) is 7.62. The minimum absolute atomic E-state index is 0. The van der Waals surface area contributed by atoms with Gasteiger partial charge in [0.15, 0.2) is 5.96 Å². The second-order valence-electron chi connectivity index (χ2n) is 6.77. The second-order valence-corrected chi connectivity index (χ2v) is 7.91. The Kier molecular flexibility index (Phi) is 9.99. The van der Waals surface area contributed by atoms with Crippen LogP contribution in [0.4, 0.5) is 4.39 Å². The van der Waals surface area contributed by atoms with E-state index in [0.717, 1.165) is 23.3 Å². The smallest absolute Gasteiger partial charge is 0.219 e. The highest BCUT2D eigenvalue weighted by Crippen LogP contribution is 2.28. The number of halogens is 2. The molecule has 1 saturated carbocycles. The summed E-state index contributed by atoms with van der Waals surface area (Å²) in [6, 6.07) is 10.1. The van der Waals surface area contributed by atoms with Gasteiger partial charge in [0, 0.05) is 30.1 Å². The zero-order valence-corrected chi connectivity index (χ0v) is 19.9. The van der Waals surface area contributed by atoms with Crippen molar-refractivity contribution >= 4 is 41.7 Å². The number of hydrogen-bond acceptors (Lipinski definition) is 4. The molecule has 1 aromatic carbocycles. The molecule has 2 N–H and O–H groups in total. The van der Waals surface area contributed by atoms with Crippen LogP contribution in [0.1, 0.15) is 31.7 Å². The standard InChI is InChI=1S/C21H27FN4OS.HI/c1-3-23-21(26-17-7-10-19(12-17)28-2)25-14-15-4-11-20(24-13-15)27-18-8-5-16(22)6-9-18;/h4-6,8-9,11,13,17,19H,3,7,10,12,14H2,1-2H3,(H2,23,25,26);1H. The molecule has 0 spiro atoms. The van der Waals surface area contributed by atoms with E-state index in [0.29, 0.717) is 24.2 Å². The monoisotopic (exact) mass is 530 g/mol. The van der Waals surface area contributed by atoms with Gasteiger partial charge in [0.05, 0.1) is 6.54 Å². The van der Waals surface area contributed by atoms with Gasteiger partial charge in [-0.2, -0.15) is 11.8 Å². The number of ether oxygens (including phenoxy) is 1. The number of aliphatic imine (C=N–C) groups is 1. The van der Waals surface area contributed by atoms with E-state index in [4.69, 9.17) is 4.74 Å². The average Bonchev–Trinajstić information content (AvgIpc) is 3.17. The highest BCUT2D eigenvalue weighted by molar-refractivity contribution is 14.0. The lowest BCUT2D eigenvalue weighted by molar-refractivity contribution is 0.461. The second kappa shape index (κ2) is 12.2. The largest absolute Gasteiger partial charge is 0.439 e. The van der Waals surface area contributed by atoms with E-state index in [9.17, 15) is 4.39 Å². The number of nitrogens with zero attached hydrogens (tertiary/aromatic N) is 2. The minimum atomic E-state index is -0.291. The molecule has 1 aliphatic carbocycles. The predicted molar refractivity (Wildman–Crippen MR) is 129 cm³/mol. The van der Waals surface area contributed by atoms with Crippen LogP contribution >= 0.6 is 35.7 Å². The quantitative estimate of drug-likeness (QED) is 0.301. The van der Waals surface area contributed by atoms with Crippen molar-refractivity contribution in [1.29, 1.82) is 0 Å². The van der Waals surface area contributed by atoms with Crippen LogP contribution in [0.15, 0.2) is 47.6 Å². The number of benzene rings is 1. The molecule has 158 valence electrons. The van der Waals surface area contributed by atoms with Crippen molar-refractivity contribution in [3.8, 4) is 11.6 Å². The van der Waals surface area contributed by atoms with Gasteiger partial charge >= 0.3 is 0 Å². The van der Waals surface area contributed by atoms with Gasteiger partial charge in [-0.15, -0.1) is 24.0 Å². The molecular formula is C21H28FIN4OS. The van der Waals surface area contributed by atoms with E-state index >= 15 is 0 Å². The van der Waals surface area contributed by atoms with Crippen LogP contribution in [0.5, 0.6) is 11.6 Å². The van der Waals surface area contributed by atoms with Gasteiger partial charge in [-0.05, 0) is 62.3 Å². The first kappa shape index (κ1) is 23.7. The fraction of sp³-hybridized carbons (Fsp3) is 0.429. The third-order valence-electron chi connectivity index (χ3n) is 4.66. The summed E-state index contributed by atoms with van der Waals surface area (Å²) in [7, 11) is 0. The molecular weight excluding hydrogens is 502 g/mol. The maximum atomic E-state index is 13.0. The molecule has 2 unspecified atom stereocenters. The molecule has 0 aliphatic heterocycles. The topological polar surface area (TPSA) is 58.5 Å². The van der Waals surface area contributed by atoms with Crippen molar-refractivity contribution in [2.24, 2.45) is 4.99 Å². The van der Waals surface area contributed by atoms with E-state index in [1.165, 1.54) is 31.4 Å². The molecule has 0 radical (unpaired) electrons. The van der Waals surface area contributed by atoms with Gasteiger partial charge in [-0.3, -0.25) is 0 Å². The summed E-state index contributed by atoms with van der Waals surface area (Å²) in [6.07, 6.45) is 7.57. The van der Waals surface area contributed by atoms with E-state index in [1.807, 2.05) is 17.8 Å². The van der Waals surface area contributed by atoms with Crippen LogP contribution in [-0.2, 0) is 6.54 Å². The first-order valence-electron chi connectivity index (χ1n) is 9.62. The third-order valence-corrected chi connectivity index (χ3v) is 5.75. The minimum Gasteiger partial charge on any atom is -0.439 e. The van der Waals surface area contributed by atoms with Crippen molar-refractivity contribution in [1.82, 2.24) is 15.6 Å². The van der Waals surface area contributed by atoms with Gasteiger partial charge in [-0.25, -0.2) is 14.4 Å². The van der Waals surface area contributed by atoms with Gasteiger partial charge in [0.1, 0.15) is 11.6 Å². The number of aromatic nitrogens is 1. The molecule has 1 aliphatic rings. The molecule has 1 fully saturated rings. The molecule has 0 bridgehead atoms. The number of pyridine rings is 1. The molecule has 5 nitrogen and oxygen atoms in total. The van der Waals surface area contributed by atoms with Crippen LogP contribution in [0, 0.1) is 5.82 Å². The van der Waals surface area contributed by atoms with Crippen LogP contribution in [0.3, 0.4) is 0 Å². The molecule has 1 aromatic heterocycles. The van der Waals surface area contributed by atoms with Crippen molar-refractivity contribution in [2.45, 2.75) is 44.0 Å². The fourth-order valence-electron chi connectivity index (χ4n) is 3.16. The Morgan fingerprint density at radius 2 is 2.03 bits per heavy atom. The lowest BCUT2D eigenvalue weighted by Crippen LogP contribution is -2.42. The van der Waals surface area contributed by atoms with Crippen LogP contribution in [-0.4, -0.2) is 35.0 Å². The molecule has 3 rings (SSSR count). The summed E-state index contributed by atoms with van der Waals surface area (Å²) in [4.78, 5) is 9.00. The molecule has 1 heterocycles. The molecule has 0 amide bonds. The van der Waals surface area contributed by atoms with Gasteiger partial charge in [0.2, 0.25) is 5.88 Å². The average molecular weight is 530 g/mol. The van der Waals surface area contributed by atoms with Gasteiger partial charge < -0.3 is 15.4 Å². The Labute approximate surface area is 193 Å². The third kappa shape index (κ3) is 7.65. The molecule has 2 aromatic rings. The van der Waals surface area contributed by atoms with Crippen LogP contribution < -0.4 is 15.4 Å². The van der Waals surface area contributed by atoms with Crippen LogP contribution in [0.25, 0.3) is 0 Å². The SMILES string of the molecule is CCNC(=NCc1ccc(Oc2ccc(F)cc2)nc1)NC1CCC(SC)C1.I. The highest BCUT2D eigenvalue weighted by Gasteiger charge is 2.24. The van der Waals surface area contributed by atoms with Crippen LogP contribution in [0.2, 0.25) is 0 Å². The maximum Gasteiger partial charge on any atom is 0.219 e. The number of nitrogens with one attached hydrogen (secondary N) is 2. The fourth-order valence-corrected chi connectivity index (χ4v) is 3.95. The first-order chi connectivity index (χ1) is 13.7. The van der Waals surface area contributed by atoms with E-state index in [2.05, 4.69) is 33.8 Å². The summed E-state index contributed by atoms with van der Waals surface area (Å²) in [5.41, 5.74) is 0.997. The summed E-state index contributed by atoms with van der Waals surface area (Å²) in [6.45, 7) is 3.44. The summed E-state index contributed by atoms with van der Waals surface area (Å²) < 4.78 is 18.6. The van der Waals surface area contributed by atoms with Crippen molar-refractivity contribution in [2.75, 3.05) is 12.8 Å². The molecule has 0 saturated heterocycles. The number of hydrogen-bond donors (Lipinski definition) is 2. The zero-order chi connectivity index (χ0) is 19.8. The lowest BCUT2D eigenvalue weighted by atomic mass is 10.2. The van der Waals surface area contributed by atoms with E-state index < -0.39 is 0 Å². The normalized spacial score (nSPS) is 18.8. The van der Waals surface area contributed by atoms with Crippen molar-refractivity contribution in [3.05, 3.63) is 54.0 Å². The highest BCUT2D eigenvalue weighted by atomic mass is 127. The Morgan fingerprint density at radius 3 is 2.66 bits per heavy atom. The maximum absolute atomic E-state index is 13.0.